The molecule has 0 fully saturated rings. The summed E-state index contributed by atoms with van der Waals surface area (Å²) in [6, 6.07) is 7.48. The lowest BCUT2D eigenvalue weighted by Crippen LogP contribution is -2.34. The highest BCUT2D eigenvalue weighted by Gasteiger charge is 2.10. The van der Waals surface area contributed by atoms with E-state index in [9.17, 15) is 4.79 Å². The fourth-order valence-corrected chi connectivity index (χ4v) is 1.68. The van der Waals surface area contributed by atoms with Gasteiger partial charge in [-0.1, -0.05) is 26.0 Å². The third kappa shape index (κ3) is 5.64. The van der Waals surface area contributed by atoms with Crippen LogP contribution < -0.4 is 14.8 Å². The Labute approximate surface area is 115 Å². The van der Waals surface area contributed by atoms with Gasteiger partial charge in [0, 0.05) is 6.42 Å². The Morgan fingerprint density at radius 1 is 1.21 bits per heavy atom. The first-order valence-corrected chi connectivity index (χ1v) is 6.59. The molecule has 19 heavy (non-hydrogen) atoms. The fourth-order valence-electron chi connectivity index (χ4n) is 1.68. The van der Waals surface area contributed by atoms with Gasteiger partial charge in [-0.15, -0.1) is 0 Å². The number of nitrogens with one attached hydrogen (secondary N) is 1. The van der Waals surface area contributed by atoms with Gasteiger partial charge in [-0.25, -0.2) is 0 Å². The van der Waals surface area contributed by atoms with Crippen LogP contribution >= 0.6 is 0 Å². The number of carbonyl (C=O) groups excluding carboxylic acids is 1. The number of amides is 1. The third-order valence-corrected chi connectivity index (χ3v) is 2.58. The van der Waals surface area contributed by atoms with Crippen molar-refractivity contribution in [3.63, 3.8) is 0 Å². The molecule has 0 saturated heterocycles. The first kappa shape index (κ1) is 15.3. The van der Waals surface area contributed by atoms with Crippen molar-refractivity contribution in [1.82, 2.24) is 5.32 Å². The van der Waals surface area contributed by atoms with E-state index in [0.717, 1.165) is 0 Å². The first-order valence-electron chi connectivity index (χ1n) is 6.59. The van der Waals surface area contributed by atoms with Crippen molar-refractivity contribution in [3.8, 4) is 11.5 Å². The van der Waals surface area contributed by atoms with Crippen LogP contribution in [0.5, 0.6) is 11.5 Å². The van der Waals surface area contributed by atoms with Crippen LogP contribution in [0.2, 0.25) is 0 Å². The van der Waals surface area contributed by atoms with Crippen LogP contribution in [-0.2, 0) is 4.79 Å². The quantitative estimate of drug-likeness (QED) is 0.824. The maximum atomic E-state index is 11.5. The lowest BCUT2D eigenvalue weighted by molar-refractivity contribution is -0.122. The van der Waals surface area contributed by atoms with Gasteiger partial charge in [-0.05, 0) is 25.0 Å². The zero-order chi connectivity index (χ0) is 14.3. The number of ether oxygens (including phenoxy) is 2. The predicted octanol–water partition coefficient (Wildman–Crippen LogP) is 2.62. The zero-order valence-corrected chi connectivity index (χ0v) is 12.1. The minimum Gasteiger partial charge on any atom is -0.493 e. The molecule has 4 heteroatoms. The Balaban J connectivity index is 2.42. The van der Waals surface area contributed by atoms with E-state index >= 15 is 0 Å². The number of hydrogen-bond donors (Lipinski definition) is 1. The molecule has 1 amide bonds. The van der Waals surface area contributed by atoms with Crippen molar-refractivity contribution < 1.29 is 14.3 Å². The second kappa shape index (κ2) is 7.67. The molecule has 0 unspecified atom stereocenters. The van der Waals surface area contributed by atoms with Crippen molar-refractivity contribution in [2.75, 3.05) is 13.7 Å². The van der Waals surface area contributed by atoms with Gasteiger partial charge in [-0.3, -0.25) is 4.79 Å². The summed E-state index contributed by atoms with van der Waals surface area (Å²) in [7, 11) is 1.61. The Morgan fingerprint density at radius 2 is 1.84 bits per heavy atom. The minimum absolute atomic E-state index is 0.0606. The molecule has 0 aromatic heterocycles. The van der Waals surface area contributed by atoms with Crippen LogP contribution in [0.4, 0.5) is 0 Å². The molecule has 0 bridgehead atoms. The molecular formula is C15H23NO3. The number of hydrogen-bond acceptors (Lipinski definition) is 3. The molecule has 0 radical (unpaired) electrons. The zero-order valence-electron chi connectivity index (χ0n) is 12.1. The van der Waals surface area contributed by atoms with Gasteiger partial charge in [0.1, 0.15) is 6.10 Å². The summed E-state index contributed by atoms with van der Waals surface area (Å²) in [5.74, 6) is 1.81. The lowest BCUT2D eigenvalue weighted by atomic mass is 10.1. The molecule has 4 nitrogen and oxygen atoms in total. The topological polar surface area (TPSA) is 47.6 Å². The van der Waals surface area contributed by atoms with Gasteiger partial charge in [0.25, 0.3) is 0 Å². The van der Waals surface area contributed by atoms with E-state index in [2.05, 4.69) is 5.32 Å². The van der Waals surface area contributed by atoms with Crippen molar-refractivity contribution in [3.05, 3.63) is 24.3 Å². The van der Waals surface area contributed by atoms with Crippen molar-refractivity contribution in [2.45, 2.75) is 33.3 Å². The van der Waals surface area contributed by atoms with Crippen molar-refractivity contribution in [1.29, 1.82) is 0 Å². The normalized spacial score (nSPS) is 12.1. The molecule has 0 saturated carbocycles. The van der Waals surface area contributed by atoms with Crippen LogP contribution in [0.25, 0.3) is 0 Å². The number of para-hydroxylation sites is 2. The Morgan fingerprint density at radius 3 is 2.42 bits per heavy atom. The largest absolute Gasteiger partial charge is 0.493 e. The van der Waals surface area contributed by atoms with E-state index in [0.29, 0.717) is 30.4 Å². The van der Waals surface area contributed by atoms with Crippen LogP contribution in [0.3, 0.4) is 0 Å². The third-order valence-electron chi connectivity index (χ3n) is 2.58. The van der Waals surface area contributed by atoms with E-state index < -0.39 is 0 Å². The number of rotatable bonds is 7. The van der Waals surface area contributed by atoms with Crippen LogP contribution in [-0.4, -0.2) is 25.7 Å². The Bertz CT molecular complexity index is 404. The molecule has 0 aliphatic carbocycles. The average molecular weight is 265 g/mol. The maximum absolute atomic E-state index is 11.5. The van der Waals surface area contributed by atoms with E-state index in [1.807, 2.05) is 45.0 Å². The lowest BCUT2D eigenvalue weighted by Gasteiger charge is -2.17. The van der Waals surface area contributed by atoms with E-state index in [1.54, 1.807) is 7.11 Å². The molecule has 0 heterocycles. The van der Waals surface area contributed by atoms with Gasteiger partial charge in [-0.2, -0.15) is 0 Å². The Hall–Kier alpha value is -1.71. The average Bonchev–Trinajstić information content (AvgIpc) is 2.36. The summed E-state index contributed by atoms with van der Waals surface area (Å²) in [5, 5.41) is 2.87. The molecule has 1 rings (SSSR count). The highest BCUT2D eigenvalue weighted by Crippen LogP contribution is 2.26. The molecule has 1 aromatic carbocycles. The molecule has 0 spiro atoms. The molecule has 1 N–H and O–H groups in total. The summed E-state index contributed by atoms with van der Waals surface area (Å²) in [5.41, 5.74) is 0. The molecule has 0 aliphatic heterocycles. The summed E-state index contributed by atoms with van der Waals surface area (Å²) in [6.45, 7) is 6.45. The molecule has 0 aliphatic rings. The first-order chi connectivity index (χ1) is 9.02. The fraction of sp³-hybridized carbons (Fsp3) is 0.533. The van der Waals surface area contributed by atoms with Crippen molar-refractivity contribution in [2.24, 2.45) is 5.92 Å². The smallest absolute Gasteiger partial charge is 0.220 e. The molecule has 106 valence electrons. The Kier molecular flexibility index (Phi) is 6.19. The van der Waals surface area contributed by atoms with Crippen LogP contribution in [0.1, 0.15) is 27.2 Å². The molecular weight excluding hydrogens is 242 g/mol. The highest BCUT2D eigenvalue weighted by atomic mass is 16.5. The standard InChI is InChI=1S/C15H23NO3/c1-11(2)9-15(17)16-10-12(3)19-14-8-6-5-7-13(14)18-4/h5-8,11-12H,9-10H2,1-4H3,(H,16,17)/t12-/m1/s1. The minimum atomic E-state index is -0.104. The summed E-state index contributed by atoms with van der Waals surface area (Å²) >= 11 is 0. The second-order valence-electron chi connectivity index (χ2n) is 4.98. The maximum Gasteiger partial charge on any atom is 0.220 e. The summed E-state index contributed by atoms with van der Waals surface area (Å²) in [6.07, 6.45) is 0.439. The van der Waals surface area contributed by atoms with Crippen LogP contribution in [0.15, 0.2) is 24.3 Å². The SMILES string of the molecule is COc1ccccc1O[C@H](C)CNC(=O)CC(C)C. The van der Waals surface area contributed by atoms with E-state index in [-0.39, 0.29) is 12.0 Å². The highest BCUT2D eigenvalue weighted by molar-refractivity contribution is 5.76. The van der Waals surface area contributed by atoms with Crippen LogP contribution in [0, 0.1) is 5.92 Å². The molecule has 1 aromatic rings. The van der Waals surface area contributed by atoms with E-state index in [1.165, 1.54) is 0 Å². The summed E-state index contributed by atoms with van der Waals surface area (Å²) < 4.78 is 11.0. The molecule has 1 atom stereocenters. The summed E-state index contributed by atoms with van der Waals surface area (Å²) in [4.78, 5) is 11.5. The predicted molar refractivity (Wildman–Crippen MR) is 75.5 cm³/mol. The number of methoxy groups -OCH3 is 1. The van der Waals surface area contributed by atoms with Gasteiger partial charge in [0.2, 0.25) is 5.91 Å². The van der Waals surface area contributed by atoms with Gasteiger partial charge >= 0.3 is 0 Å². The van der Waals surface area contributed by atoms with Gasteiger partial charge in [0.05, 0.1) is 13.7 Å². The number of benzene rings is 1. The van der Waals surface area contributed by atoms with E-state index in [4.69, 9.17) is 9.47 Å². The van der Waals surface area contributed by atoms with Gasteiger partial charge in [0.15, 0.2) is 11.5 Å². The second-order valence-corrected chi connectivity index (χ2v) is 4.98. The van der Waals surface area contributed by atoms with Gasteiger partial charge < -0.3 is 14.8 Å². The monoisotopic (exact) mass is 265 g/mol. The number of carbonyl (C=O) groups is 1. The van der Waals surface area contributed by atoms with Crippen molar-refractivity contribution >= 4 is 5.91 Å².